The van der Waals surface area contributed by atoms with Crippen molar-refractivity contribution < 1.29 is 17.9 Å². The third-order valence-corrected chi connectivity index (χ3v) is 5.90. The molecule has 2 N–H and O–H groups in total. The third kappa shape index (κ3) is 2.99. The van der Waals surface area contributed by atoms with E-state index in [9.17, 15) is 8.42 Å². The Morgan fingerprint density at radius 1 is 1.17 bits per heavy atom. The highest BCUT2D eigenvalue weighted by atomic mass is 32.2. The minimum atomic E-state index is -3.72. The first-order valence-electron chi connectivity index (χ1n) is 7.66. The zero-order chi connectivity index (χ0) is 17.5. The van der Waals surface area contributed by atoms with Gasteiger partial charge < -0.3 is 9.47 Å². The molecule has 0 saturated heterocycles. The Bertz CT molecular complexity index is 852. The number of fused-ring (bicyclic) bond motifs is 1. The van der Waals surface area contributed by atoms with Crippen LogP contribution in [0.25, 0.3) is 0 Å². The van der Waals surface area contributed by atoms with Crippen LogP contribution in [0.5, 0.6) is 11.5 Å². The van der Waals surface area contributed by atoms with E-state index in [1.807, 2.05) is 12.1 Å². The standard InChI is InChI=1S/C16H21N3O4S/c1-10-15(11(2)18-17-10)24(20,21)19-16(3,4)12-5-6-13-14(9-12)23-8-7-22-13/h5-6,9,19H,7-8H2,1-4H3,(H,17,18). The number of H-pyrrole nitrogens is 1. The van der Waals surface area contributed by atoms with Crippen LogP contribution < -0.4 is 14.2 Å². The van der Waals surface area contributed by atoms with Crippen LogP contribution in [-0.2, 0) is 15.6 Å². The first kappa shape index (κ1) is 16.8. The Morgan fingerprint density at radius 3 is 2.46 bits per heavy atom. The average Bonchev–Trinajstić information content (AvgIpc) is 2.85. The molecule has 1 aliphatic heterocycles. The molecule has 24 heavy (non-hydrogen) atoms. The quantitative estimate of drug-likeness (QED) is 0.879. The van der Waals surface area contributed by atoms with Gasteiger partial charge in [0.05, 0.1) is 16.9 Å². The minimum Gasteiger partial charge on any atom is -0.486 e. The number of nitrogens with zero attached hydrogens (tertiary/aromatic N) is 1. The number of aromatic amines is 1. The summed E-state index contributed by atoms with van der Waals surface area (Å²) in [5, 5.41) is 6.67. The summed E-state index contributed by atoms with van der Waals surface area (Å²) in [4.78, 5) is 0.188. The van der Waals surface area contributed by atoms with Crippen molar-refractivity contribution in [3.8, 4) is 11.5 Å². The number of hydrogen-bond acceptors (Lipinski definition) is 5. The van der Waals surface area contributed by atoms with E-state index in [-0.39, 0.29) is 4.90 Å². The van der Waals surface area contributed by atoms with E-state index in [1.165, 1.54) is 0 Å². The summed E-state index contributed by atoms with van der Waals surface area (Å²) < 4.78 is 39.4. The van der Waals surface area contributed by atoms with Crippen molar-refractivity contribution in [2.24, 2.45) is 0 Å². The Hall–Kier alpha value is -2.06. The van der Waals surface area contributed by atoms with E-state index >= 15 is 0 Å². The molecule has 3 rings (SSSR count). The smallest absolute Gasteiger partial charge is 0.245 e. The van der Waals surface area contributed by atoms with Crippen LogP contribution in [-0.4, -0.2) is 31.8 Å². The highest BCUT2D eigenvalue weighted by Crippen LogP contribution is 2.35. The van der Waals surface area contributed by atoms with Crippen LogP contribution in [0, 0.1) is 13.8 Å². The van der Waals surface area contributed by atoms with E-state index in [2.05, 4.69) is 14.9 Å². The minimum absolute atomic E-state index is 0.188. The number of rotatable bonds is 4. The van der Waals surface area contributed by atoms with Gasteiger partial charge in [-0.05, 0) is 45.4 Å². The Kier molecular flexibility index (Phi) is 4.05. The SMILES string of the molecule is Cc1n[nH]c(C)c1S(=O)(=O)NC(C)(C)c1ccc2c(c1)OCCO2. The van der Waals surface area contributed by atoms with Crippen molar-refractivity contribution in [3.05, 3.63) is 35.2 Å². The fourth-order valence-corrected chi connectivity index (χ4v) is 4.59. The molecular weight excluding hydrogens is 330 g/mol. The summed E-state index contributed by atoms with van der Waals surface area (Å²) in [5.41, 5.74) is 0.912. The van der Waals surface area contributed by atoms with Gasteiger partial charge in [-0.25, -0.2) is 13.1 Å². The molecule has 0 unspecified atom stereocenters. The second-order valence-electron chi connectivity index (χ2n) is 6.35. The Morgan fingerprint density at radius 2 is 1.83 bits per heavy atom. The first-order valence-corrected chi connectivity index (χ1v) is 9.15. The number of nitrogens with one attached hydrogen (secondary N) is 2. The summed E-state index contributed by atoms with van der Waals surface area (Å²) in [6.07, 6.45) is 0. The van der Waals surface area contributed by atoms with Gasteiger partial charge in [-0.3, -0.25) is 5.10 Å². The van der Waals surface area contributed by atoms with Gasteiger partial charge >= 0.3 is 0 Å². The summed E-state index contributed by atoms with van der Waals surface area (Å²) in [6.45, 7) is 7.96. The molecule has 7 nitrogen and oxygen atoms in total. The van der Waals surface area contributed by atoms with Crippen molar-refractivity contribution in [1.29, 1.82) is 0 Å². The van der Waals surface area contributed by atoms with E-state index in [0.29, 0.717) is 36.1 Å². The van der Waals surface area contributed by atoms with Crippen LogP contribution in [0.1, 0.15) is 30.8 Å². The van der Waals surface area contributed by atoms with Gasteiger partial charge in [0.2, 0.25) is 10.0 Å². The van der Waals surface area contributed by atoms with Crippen LogP contribution >= 0.6 is 0 Å². The topological polar surface area (TPSA) is 93.3 Å². The molecule has 0 bridgehead atoms. The lowest BCUT2D eigenvalue weighted by atomic mass is 9.95. The van der Waals surface area contributed by atoms with Gasteiger partial charge in [-0.2, -0.15) is 5.10 Å². The fraction of sp³-hybridized carbons (Fsp3) is 0.438. The second kappa shape index (κ2) is 5.78. The van der Waals surface area contributed by atoms with Gasteiger partial charge in [-0.15, -0.1) is 0 Å². The van der Waals surface area contributed by atoms with Crippen LogP contribution in [0.3, 0.4) is 0 Å². The highest BCUT2D eigenvalue weighted by molar-refractivity contribution is 7.89. The molecular formula is C16H21N3O4S. The predicted molar refractivity (Wildman–Crippen MR) is 88.8 cm³/mol. The Labute approximate surface area is 141 Å². The molecule has 8 heteroatoms. The lowest BCUT2D eigenvalue weighted by Crippen LogP contribution is -2.41. The van der Waals surface area contributed by atoms with E-state index in [1.54, 1.807) is 33.8 Å². The van der Waals surface area contributed by atoms with Gasteiger partial charge in [0.1, 0.15) is 18.1 Å². The number of hydrogen-bond donors (Lipinski definition) is 2. The molecule has 0 atom stereocenters. The normalized spacial score (nSPS) is 14.7. The van der Waals surface area contributed by atoms with Gasteiger partial charge in [0, 0.05) is 0 Å². The van der Waals surface area contributed by atoms with Gasteiger partial charge in [0.25, 0.3) is 0 Å². The number of benzene rings is 1. The van der Waals surface area contributed by atoms with Crippen molar-refractivity contribution in [1.82, 2.24) is 14.9 Å². The molecule has 1 aromatic heterocycles. The Balaban J connectivity index is 1.94. The molecule has 0 spiro atoms. The van der Waals surface area contributed by atoms with E-state index < -0.39 is 15.6 Å². The maximum Gasteiger partial charge on any atom is 0.245 e. The lowest BCUT2D eigenvalue weighted by molar-refractivity contribution is 0.171. The molecule has 0 fully saturated rings. The number of ether oxygens (including phenoxy) is 2. The number of aryl methyl sites for hydroxylation is 2. The summed E-state index contributed by atoms with van der Waals surface area (Å²) >= 11 is 0. The summed E-state index contributed by atoms with van der Waals surface area (Å²) in [6, 6.07) is 5.45. The zero-order valence-electron chi connectivity index (χ0n) is 14.1. The maximum absolute atomic E-state index is 12.8. The average molecular weight is 351 g/mol. The highest BCUT2D eigenvalue weighted by Gasteiger charge is 2.32. The molecule has 0 saturated carbocycles. The molecule has 2 heterocycles. The van der Waals surface area contributed by atoms with Crippen LogP contribution in [0.15, 0.2) is 23.1 Å². The van der Waals surface area contributed by atoms with Gasteiger partial charge in [-0.1, -0.05) is 6.07 Å². The third-order valence-electron chi connectivity index (χ3n) is 3.98. The van der Waals surface area contributed by atoms with Crippen molar-refractivity contribution >= 4 is 10.0 Å². The summed E-state index contributed by atoms with van der Waals surface area (Å²) in [7, 11) is -3.72. The molecule has 0 aliphatic carbocycles. The molecule has 130 valence electrons. The van der Waals surface area contributed by atoms with E-state index in [4.69, 9.17) is 9.47 Å². The fourth-order valence-electron chi connectivity index (χ4n) is 2.81. The molecule has 0 amide bonds. The maximum atomic E-state index is 12.8. The van der Waals surface area contributed by atoms with Crippen LogP contribution in [0.2, 0.25) is 0 Å². The summed E-state index contributed by atoms with van der Waals surface area (Å²) in [5.74, 6) is 1.30. The van der Waals surface area contributed by atoms with Crippen LogP contribution in [0.4, 0.5) is 0 Å². The zero-order valence-corrected chi connectivity index (χ0v) is 15.0. The predicted octanol–water partition coefficient (Wildman–Crippen LogP) is 2.01. The molecule has 2 aromatic rings. The van der Waals surface area contributed by atoms with Crippen molar-refractivity contribution in [2.75, 3.05) is 13.2 Å². The van der Waals surface area contributed by atoms with Crippen molar-refractivity contribution in [3.63, 3.8) is 0 Å². The number of aromatic nitrogens is 2. The largest absolute Gasteiger partial charge is 0.486 e. The second-order valence-corrected chi connectivity index (χ2v) is 7.97. The molecule has 0 radical (unpaired) electrons. The van der Waals surface area contributed by atoms with E-state index in [0.717, 1.165) is 5.56 Å². The first-order chi connectivity index (χ1) is 11.2. The lowest BCUT2D eigenvalue weighted by Gasteiger charge is -2.28. The molecule has 1 aliphatic rings. The van der Waals surface area contributed by atoms with Gasteiger partial charge in [0.15, 0.2) is 11.5 Å². The molecule has 1 aromatic carbocycles. The monoisotopic (exact) mass is 351 g/mol. The number of sulfonamides is 1. The van der Waals surface area contributed by atoms with Crippen molar-refractivity contribution in [2.45, 2.75) is 38.1 Å².